The molecule has 0 radical (unpaired) electrons. The zero-order valence-electron chi connectivity index (χ0n) is 39.7. The van der Waals surface area contributed by atoms with Gasteiger partial charge in [-0.3, -0.25) is 9.59 Å². The number of rotatable bonds is 13. The van der Waals surface area contributed by atoms with Gasteiger partial charge in [-0.1, -0.05) is 76.2 Å². The van der Waals surface area contributed by atoms with Gasteiger partial charge in [0.1, 0.15) is 23.7 Å². The van der Waals surface area contributed by atoms with Gasteiger partial charge in [0, 0.05) is 18.8 Å². The third kappa shape index (κ3) is 10.3. The molecule has 5 heterocycles. The molecule has 3 aliphatic heterocycles. The number of hydrogen-bond acceptors (Lipinski definition) is 9. The van der Waals surface area contributed by atoms with E-state index in [1.165, 1.54) is 14.2 Å². The fraction of sp³-hybridized carbons (Fsp3) is 0.451. The minimum atomic E-state index is -4.47. The number of nitrogens with zero attached hydrogens (tertiary/aromatic N) is 5. The summed E-state index contributed by atoms with van der Waals surface area (Å²) in [7, 11) is 2.53. The van der Waals surface area contributed by atoms with Crippen molar-refractivity contribution >= 4 is 29.7 Å². The number of nitrogens with one attached hydrogen (secondary N) is 4. The Morgan fingerprint density at radius 2 is 1.01 bits per heavy atom. The van der Waals surface area contributed by atoms with E-state index >= 15 is 0 Å². The predicted octanol–water partition coefficient (Wildman–Crippen LogP) is 9.66. The van der Waals surface area contributed by atoms with E-state index in [4.69, 9.17) is 19.4 Å². The molecule has 6 atom stereocenters. The summed E-state index contributed by atoms with van der Waals surface area (Å²) >= 11 is 0. The number of carbonyl (C=O) groups is 4. The van der Waals surface area contributed by atoms with E-state index in [1.54, 1.807) is 34.3 Å². The number of aromatic nitrogens is 4. The number of carbonyl (C=O) groups excluding carboxylic acids is 4. The molecule has 3 saturated heterocycles. The van der Waals surface area contributed by atoms with E-state index in [-0.39, 0.29) is 47.8 Å². The molecule has 4 amide bonds. The number of halogens is 3. The quantitative estimate of drug-likeness (QED) is 0.0895. The van der Waals surface area contributed by atoms with Crippen molar-refractivity contribution in [1.82, 2.24) is 40.4 Å². The fourth-order valence-electron chi connectivity index (χ4n) is 10.1. The van der Waals surface area contributed by atoms with E-state index < -0.39 is 36.0 Å². The number of H-pyrrole nitrogens is 2. The number of amides is 4. The van der Waals surface area contributed by atoms with Crippen LogP contribution in [0.4, 0.5) is 28.4 Å². The second-order valence-corrected chi connectivity index (χ2v) is 18.8. The van der Waals surface area contributed by atoms with Gasteiger partial charge in [-0.15, -0.1) is 0 Å². The van der Waals surface area contributed by atoms with Gasteiger partial charge in [0.05, 0.1) is 67.7 Å². The summed E-state index contributed by atoms with van der Waals surface area (Å²) in [5.74, 6) is 0.625. The van der Waals surface area contributed by atoms with Crippen molar-refractivity contribution in [2.24, 2.45) is 11.8 Å². The van der Waals surface area contributed by atoms with Crippen molar-refractivity contribution in [3.63, 3.8) is 0 Å². The third-order valence-corrected chi connectivity index (χ3v) is 13.8. The molecular weight excluding hydrogens is 892 g/mol. The molecule has 5 aromatic rings. The van der Waals surface area contributed by atoms with E-state index in [2.05, 4.69) is 25.5 Å². The van der Waals surface area contributed by atoms with Gasteiger partial charge in [-0.2, -0.15) is 13.2 Å². The molecule has 1 unspecified atom stereocenters. The minimum absolute atomic E-state index is 0.145. The molecule has 366 valence electrons. The largest absolute Gasteiger partial charge is 0.453 e. The van der Waals surface area contributed by atoms with E-state index in [0.29, 0.717) is 30.4 Å². The number of alkyl carbamates (subject to hydrolysis) is 2. The smallest absolute Gasteiger partial charge is 0.416 e. The van der Waals surface area contributed by atoms with Crippen LogP contribution < -0.4 is 15.5 Å². The number of hydrogen-bond donors (Lipinski definition) is 4. The van der Waals surface area contributed by atoms with Gasteiger partial charge in [-0.25, -0.2) is 19.6 Å². The van der Waals surface area contributed by atoms with Crippen LogP contribution >= 0.6 is 0 Å². The first-order chi connectivity index (χ1) is 33.1. The Hall–Kier alpha value is -6.85. The van der Waals surface area contributed by atoms with Crippen LogP contribution in [-0.4, -0.2) is 93.1 Å². The van der Waals surface area contributed by atoms with E-state index in [1.807, 2.05) is 76.2 Å². The summed E-state index contributed by atoms with van der Waals surface area (Å²) < 4.78 is 50.8. The molecule has 8 rings (SSSR count). The minimum Gasteiger partial charge on any atom is -0.453 e. The van der Waals surface area contributed by atoms with Crippen LogP contribution in [-0.2, 0) is 25.2 Å². The monoisotopic (exact) mass is 951 g/mol. The molecule has 3 aromatic carbocycles. The van der Waals surface area contributed by atoms with Gasteiger partial charge in [-0.05, 0) is 96.9 Å². The standard InChI is InChI=1S/C51H60F3N9O6/c1-29(2)43(59-49(66)68-5)47(64)61-25-7-9-41(61)45-55-27-37(57-45)31-11-15-33(16-12-31)39-23-24-40(63(39)36-21-19-35(20-22-36)51(52,53)54)34-17-13-32(14-18-34)38-28-56-46(58-38)42-10-8-26-62(42)48(65)44(30(3)4)60-50(67)69-6/h11-22,27-30,39-44H,7-10,23-26H2,1-6H3,(H,55,57)(H,56,58)(H,59,66)(H,60,67)/t39-,40-,41-,42?,43-,44-/m0/s1. The molecule has 3 aliphatic rings. The van der Waals surface area contributed by atoms with E-state index in [9.17, 15) is 32.3 Å². The maximum Gasteiger partial charge on any atom is 0.416 e. The Kier molecular flexibility index (Phi) is 14.4. The summed E-state index contributed by atoms with van der Waals surface area (Å²) in [6.45, 7) is 8.57. The maximum absolute atomic E-state index is 13.8. The Balaban J connectivity index is 1.00. The molecule has 15 nitrogen and oxygen atoms in total. The third-order valence-electron chi connectivity index (χ3n) is 13.8. The molecule has 18 heteroatoms. The average molecular weight is 952 g/mol. The summed E-state index contributed by atoms with van der Waals surface area (Å²) in [5, 5.41) is 5.37. The zero-order chi connectivity index (χ0) is 49.1. The Morgan fingerprint density at radius 1 is 0.609 bits per heavy atom. The van der Waals surface area contributed by atoms with Crippen molar-refractivity contribution in [1.29, 1.82) is 0 Å². The molecule has 69 heavy (non-hydrogen) atoms. The van der Waals surface area contributed by atoms with Gasteiger partial charge in [0.15, 0.2) is 0 Å². The lowest BCUT2D eigenvalue weighted by Crippen LogP contribution is -2.51. The number of benzene rings is 3. The number of ether oxygens (including phenoxy) is 2. The molecular formula is C51H60F3N9O6. The SMILES string of the molecule is COC(=O)N[C@H](C(=O)N1CCCC1c1ncc(-c2ccc([C@@H]3CC[C@@H](c4ccc(-c5cnc([C@@H]6CCCN6C(=O)[C@@H](NC(=O)OC)C(C)C)[nH]5)cc4)N3c3ccc(C(F)(F)F)cc3)cc2)[nH]1)C(C)C. The van der Waals surface area contributed by atoms with Crippen LogP contribution in [0.3, 0.4) is 0 Å². The number of alkyl halides is 3. The first kappa shape index (κ1) is 48.6. The molecule has 0 bridgehead atoms. The zero-order valence-corrected chi connectivity index (χ0v) is 39.7. The van der Waals surface area contributed by atoms with Crippen LogP contribution in [0, 0.1) is 11.8 Å². The highest BCUT2D eigenvalue weighted by Crippen LogP contribution is 2.48. The normalized spacial score (nSPS) is 20.4. The maximum atomic E-state index is 13.8. The highest BCUT2D eigenvalue weighted by Gasteiger charge is 2.40. The second kappa shape index (κ2) is 20.4. The topological polar surface area (TPSA) is 178 Å². The van der Waals surface area contributed by atoms with Gasteiger partial charge in [0.2, 0.25) is 11.8 Å². The molecule has 4 N–H and O–H groups in total. The van der Waals surface area contributed by atoms with Crippen molar-refractivity contribution in [2.75, 3.05) is 32.2 Å². The van der Waals surface area contributed by atoms with Crippen LogP contribution in [0.15, 0.2) is 85.2 Å². The van der Waals surface area contributed by atoms with Crippen LogP contribution in [0.5, 0.6) is 0 Å². The number of anilines is 1. The van der Waals surface area contributed by atoms with Crippen LogP contribution in [0.25, 0.3) is 22.5 Å². The van der Waals surface area contributed by atoms with Crippen molar-refractivity contribution in [3.05, 3.63) is 114 Å². The van der Waals surface area contributed by atoms with Gasteiger partial charge >= 0.3 is 18.4 Å². The van der Waals surface area contributed by atoms with Crippen molar-refractivity contribution in [3.8, 4) is 22.5 Å². The summed E-state index contributed by atoms with van der Waals surface area (Å²) in [5.41, 5.74) is 5.30. The molecule has 0 saturated carbocycles. The number of imidazole rings is 2. The average Bonchev–Trinajstić information content (AvgIpc) is 4.21. The lowest BCUT2D eigenvalue weighted by atomic mass is 10.0. The Bertz CT molecular complexity index is 2450. The highest BCUT2D eigenvalue weighted by molar-refractivity contribution is 5.87. The second-order valence-electron chi connectivity index (χ2n) is 18.8. The van der Waals surface area contributed by atoms with E-state index in [0.717, 1.165) is 84.3 Å². The Labute approximate surface area is 399 Å². The van der Waals surface area contributed by atoms with Gasteiger partial charge < -0.3 is 44.8 Å². The first-order valence-electron chi connectivity index (χ1n) is 23.6. The number of likely N-dealkylation sites (tertiary alicyclic amines) is 2. The predicted molar refractivity (Wildman–Crippen MR) is 252 cm³/mol. The number of methoxy groups -OCH3 is 2. The van der Waals surface area contributed by atoms with Crippen molar-refractivity contribution < 1.29 is 41.8 Å². The molecule has 2 aromatic heterocycles. The Morgan fingerprint density at radius 3 is 1.38 bits per heavy atom. The summed E-state index contributed by atoms with van der Waals surface area (Å²) in [6.07, 6.45) is 2.25. The summed E-state index contributed by atoms with van der Waals surface area (Å²) in [6, 6.07) is 19.2. The first-order valence-corrected chi connectivity index (χ1v) is 23.6. The summed E-state index contributed by atoms with van der Waals surface area (Å²) in [4.78, 5) is 73.6. The van der Waals surface area contributed by atoms with Crippen molar-refractivity contribution in [2.45, 2.75) is 109 Å². The van der Waals surface area contributed by atoms with Crippen LogP contribution in [0.1, 0.15) is 119 Å². The fourth-order valence-corrected chi connectivity index (χ4v) is 10.1. The number of aromatic amines is 2. The van der Waals surface area contributed by atoms with Gasteiger partial charge in [0.25, 0.3) is 0 Å². The molecule has 0 aliphatic carbocycles. The molecule has 0 spiro atoms. The molecule has 3 fully saturated rings. The lowest BCUT2D eigenvalue weighted by Gasteiger charge is -2.33. The lowest BCUT2D eigenvalue weighted by molar-refractivity contribution is -0.138. The van der Waals surface area contributed by atoms with Crippen LogP contribution in [0.2, 0.25) is 0 Å². The highest BCUT2D eigenvalue weighted by atomic mass is 19.4.